The van der Waals surface area contributed by atoms with Gasteiger partial charge in [0.15, 0.2) is 0 Å². The third-order valence-corrected chi connectivity index (χ3v) is 4.44. The maximum Gasteiger partial charge on any atom is 0.253 e. The SMILES string of the molecule is Cl.NCC(=O)N1CCN(C(=O)c2ccc(OCc3ccccc3)cc2)CC1. The minimum absolute atomic E-state index is 0. The van der Waals surface area contributed by atoms with Gasteiger partial charge in [0.25, 0.3) is 5.91 Å². The molecule has 0 aliphatic carbocycles. The molecule has 7 heteroatoms. The van der Waals surface area contributed by atoms with Crippen molar-refractivity contribution in [2.24, 2.45) is 5.73 Å². The first-order chi connectivity index (χ1) is 12.7. The van der Waals surface area contributed by atoms with Gasteiger partial charge >= 0.3 is 0 Å². The monoisotopic (exact) mass is 389 g/mol. The number of nitrogens with zero attached hydrogens (tertiary/aromatic N) is 2. The van der Waals surface area contributed by atoms with Gasteiger partial charge in [-0.05, 0) is 29.8 Å². The minimum Gasteiger partial charge on any atom is -0.489 e. The highest BCUT2D eigenvalue weighted by atomic mass is 35.5. The highest BCUT2D eigenvalue weighted by molar-refractivity contribution is 5.94. The normalized spacial score (nSPS) is 13.7. The number of carbonyl (C=O) groups excluding carboxylic acids is 2. The van der Waals surface area contributed by atoms with Gasteiger partial charge in [-0.2, -0.15) is 0 Å². The average Bonchev–Trinajstić information content (AvgIpc) is 2.72. The van der Waals surface area contributed by atoms with E-state index >= 15 is 0 Å². The van der Waals surface area contributed by atoms with E-state index in [1.165, 1.54) is 0 Å². The molecule has 1 aliphatic heterocycles. The van der Waals surface area contributed by atoms with E-state index in [9.17, 15) is 9.59 Å². The number of benzene rings is 2. The molecule has 1 fully saturated rings. The number of amides is 2. The Morgan fingerprint density at radius 1 is 0.889 bits per heavy atom. The standard InChI is InChI=1S/C20H23N3O3.ClH/c21-14-19(24)22-10-12-23(13-11-22)20(25)17-6-8-18(9-7-17)26-15-16-4-2-1-3-5-16;/h1-9H,10-15,21H2;1H. The summed E-state index contributed by atoms with van der Waals surface area (Å²) in [4.78, 5) is 27.7. The van der Waals surface area contributed by atoms with Crippen LogP contribution in [0.25, 0.3) is 0 Å². The first kappa shape index (κ1) is 20.7. The van der Waals surface area contributed by atoms with E-state index < -0.39 is 0 Å². The van der Waals surface area contributed by atoms with Gasteiger partial charge in [0.2, 0.25) is 5.91 Å². The Bertz CT molecular complexity index is 745. The summed E-state index contributed by atoms with van der Waals surface area (Å²) in [6, 6.07) is 17.1. The Kier molecular flexibility index (Phi) is 7.64. The molecule has 2 aromatic carbocycles. The van der Waals surface area contributed by atoms with E-state index in [-0.39, 0.29) is 30.8 Å². The van der Waals surface area contributed by atoms with Crippen LogP contribution < -0.4 is 10.5 Å². The van der Waals surface area contributed by atoms with Crippen molar-refractivity contribution >= 4 is 24.2 Å². The summed E-state index contributed by atoms with van der Waals surface area (Å²) in [7, 11) is 0. The first-order valence-corrected chi connectivity index (χ1v) is 8.71. The molecule has 144 valence electrons. The fourth-order valence-electron chi connectivity index (χ4n) is 2.91. The average molecular weight is 390 g/mol. The number of halogens is 1. The van der Waals surface area contributed by atoms with Gasteiger partial charge in [-0.3, -0.25) is 9.59 Å². The van der Waals surface area contributed by atoms with Crippen LogP contribution in [-0.4, -0.2) is 54.3 Å². The summed E-state index contributed by atoms with van der Waals surface area (Å²) in [5, 5.41) is 0. The van der Waals surface area contributed by atoms with Gasteiger partial charge in [-0.15, -0.1) is 12.4 Å². The lowest BCUT2D eigenvalue weighted by Gasteiger charge is -2.34. The fraction of sp³-hybridized carbons (Fsp3) is 0.300. The molecular weight excluding hydrogens is 366 g/mol. The molecule has 1 aliphatic rings. The number of nitrogens with two attached hydrogens (primary N) is 1. The van der Waals surface area contributed by atoms with Gasteiger partial charge in [-0.1, -0.05) is 30.3 Å². The summed E-state index contributed by atoms with van der Waals surface area (Å²) in [6.45, 7) is 2.61. The third kappa shape index (κ3) is 5.45. The number of hydrogen-bond acceptors (Lipinski definition) is 4. The van der Waals surface area contributed by atoms with Crippen molar-refractivity contribution < 1.29 is 14.3 Å². The van der Waals surface area contributed by atoms with Crippen molar-refractivity contribution in [3.05, 3.63) is 65.7 Å². The zero-order chi connectivity index (χ0) is 18.4. The molecule has 1 saturated heterocycles. The van der Waals surface area contributed by atoms with Crippen molar-refractivity contribution in [2.75, 3.05) is 32.7 Å². The Morgan fingerprint density at radius 3 is 2.07 bits per heavy atom. The van der Waals surface area contributed by atoms with Crippen LogP contribution in [0.5, 0.6) is 5.75 Å². The highest BCUT2D eigenvalue weighted by Gasteiger charge is 2.24. The molecule has 0 aromatic heterocycles. The van der Waals surface area contributed by atoms with E-state index in [2.05, 4.69) is 0 Å². The molecule has 2 amide bonds. The first-order valence-electron chi connectivity index (χ1n) is 8.71. The second kappa shape index (κ2) is 9.94. The van der Waals surface area contributed by atoms with Gasteiger partial charge in [0.05, 0.1) is 6.54 Å². The summed E-state index contributed by atoms with van der Waals surface area (Å²) in [5.74, 6) is 0.625. The molecule has 0 unspecified atom stereocenters. The molecular formula is C20H24ClN3O3. The summed E-state index contributed by atoms with van der Waals surface area (Å²) in [5.41, 5.74) is 7.10. The predicted octanol–water partition coefficient (Wildman–Crippen LogP) is 1.93. The zero-order valence-electron chi connectivity index (χ0n) is 15.0. The third-order valence-electron chi connectivity index (χ3n) is 4.44. The van der Waals surface area contributed by atoms with Crippen molar-refractivity contribution in [3.8, 4) is 5.75 Å². The van der Waals surface area contributed by atoms with E-state index in [1.807, 2.05) is 42.5 Å². The molecule has 3 rings (SSSR count). The van der Waals surface area contributed by atoms with Crippen LogP contribution in [0.4, 0.5) is 0 Å². The number of rotatable bonds is 5. The van der Waals surface area contributed by atoms with Crippen molar-refractivity contribution in [1.29, 1.82) is 0 Å². The van der Waals surface area contributed by atoms with Gasteiger partial charge in [0.1, 0.15) is 12.4 Å². The zero-order valence-corrected chi connectivity index (χ0v) is 15.9. The quantitative estimate of drug-likeness (QED) is 0.847. The van der Waals surface area contributed by atoms with Crippen molar-refractivity contribution in [3.63, 3.8) is 0 Å². The molecule has 27 heavy (non-hydrogen) atoms. The Balaban J connectivity index is 0.00000261. The van der Waals surface area contributed by atoms with Gasteiger partial charge < -0.3 is 20.3 Å². The Morgan fingerprint density at radius 2 is 1.48 bits per heavy atom. The van der Waals surface area contributed by atoms with E-state index in [0.29, 0.717) is 38.3 Å². The van der Waals surface area contributed by atoms with Gasteiger partial charge in [-0.25, -0.2) is 0 Å². The van der Waals surface area contributed by atoms with Crippen LogP contribution >= 0.6 is 12.4 Å². The van der Waals surface area contributed by atoms with Crippen LogP contribution in [0, 0.1) is 0 Å². The number of carbonyl (C=O) groups is 2. The van der Waals surface area contributed by atoms with Crippen LogP contribution in [-0.2, 0) is 11.4 Å². The topological polar surface area (TPSA) is 75.9 Å². The molecule has 0 atom stereocenters. The minimum atomic E-state index is -0.0722. The molecule has 2 N–H and O–H groups in total. The molecule has 0 spiro atoms. The van der Waals surface area contributed by atoms with Crippen LogP contribution in [0.3, 0.4) is 0 Å². The lowest BCUT2D eigenvalue weighted by Crippen LogP contribution is -2.51. The fourth-order valence-corrected chi connectivity index (χ4v) is 2.91. The molecule has 0 radical (unpaired) electrons. The number of piperazine rings is 1. The molecule has 2 aromatic rings. The number of ether oxygens (including phenoxy) is 1. The van der Waals surface area contributed by atoms with Gasteiger partial charge in [0, 0.05) is 31.7 Å². The van der Waals surface area contributed by atoms with Crippen molar-refractivity contribution in [2.45, 2.75) is 6.61 Å². The van der Waals surface area contributed by atoms with E-state index in [4.69, 9.17) is 10.5 Å². The highest BCUT2D eigenvalue weighted by Crippen LogP contribution is 2.16. The lowest BCUT2D eigenvalue weighted by molar-refractivity contribution is -0.131. The molecule has 6 nitrogen and oxygen atoms in total. The van der Waals surface area contributed by atoms with Crippen LogP contribution in [0.1, 0.15) is 15.9 Å². The Labute approximate surface area is 165 Å². The predicted molar refractivity (Wildman–Crippen MR) is 106 cm³/mol. The summed E-state index contributed by atoms with van der Waals surface area (Å²) < 4.78 is 5.74. The largest absolute Gasteiger partial charge is 0.489 e. The molecule has 0 bridgehead atoms. The number of hydrogen-bond donors (Lipinski definition) is 1. The Hall–Kier alpha value is -2.57. The maximum atomic E-state index is 12.6. The summed E-state index contributed by atoms with van der Waals surface area (Å²) in [6.07, 6.45) is 0. The van der Waals surface area contributed by atoms with E-state index in [1.54, 1.807) is 21.9 Å². The second-order valence-corrected chi connectivity index (χ2v) is 6.18. The lowest BCUT2D eigenvalue weighted by atomic mass is 10.1. The smallest absolute Gasteiger partial charge is 0.253 e. The van der Waals surface area contributed by atoms with Crippen LogP contribution in [0.2, 0.25) is 0 Å². The molecule has 1 heterocycles. The second-order valence-electron chi connectivity index (χ2n) is 6.18. The van der Waals surface area contributed by atoms with Crippen molar-refractivity contribution in [1.82, 2.24) is 9.80 Å². The van der Waals surface area contributed by atoms with Crippen LogP contribution in [0.15, 0.2) is 54.6 Å². The van der Waals surface area contributed by atoms with E-state index in [0.717, 1.165) is 11.3 Å². The maximum absolute atomic E-state index is 12.6. The molecule has 0 saturated carbocycles. The summed E-state index contributed by atoms with van der Waals surface area (Å²) >= 11 is 0.